The molecule has 0 amide bonds. The van der Waals surface area contributed by atoms with Gasteiger partial charge in [0.15, 0.2) is 0 Å². The Labute approximate surface area is 119 Å². The van der Waals surface area contributed by atoms with E-state index in [1.54, 1.807) is 12.1 Å². The van der Waals surface area contributed by atoms with E-state index < -0.39 is 10.0 Å². The van der Waals surface area contributed by atoms with E-state index in [1.807, 2.05) is 26.8 Å². The largest absolute Gasteiger partial charge is 0.311 e. The molecule has 2 rings (SSSR count). The van der Waals surface area contributed by atoms with Crippen LogP contribution in [0.2, 0.25) is 5.02 Å². The molecule has 1 aliphatic rings. The molecule has 2 unspecified atom stereocenters. The molecule has 0 spiro atoms. The van der Waals surface area contributed by atoms with E-state index in [9.17, 15) is 8.42 Å². The molecule has 1 aromatic rings. The second kappa shape index (κ2) is 5.40. The molecule has 1 aromatic carbocycles. The highest BCUT2D eigenvalue weighted by atomic mass is 35.5. The van der Waals surface area contributed by atoms with Gasteiger partial charge in [-0.25, -0.2) is 8.42 Å². The summed E-state index contributed by atoms with van der Waals surface area (Å²) >= 11 is 6.16. The van der Waals surface area contributed by atoms with Crippen LogP contribution in [0.3, 0.4) is 0 Å². The Morgan fingerprint density at radius 2 is 2.05 bits per heavy atom. The number of rotatable bonds is 2. The summed E-state index contributed by atoms with van der Waals surface area (Å²) in [5.74, 6) is 0. The molecule has 1 fully saturated rings. The standard InChI is InChI=1S/C13H19ClN2O2S/c1-9-5-4-6-12(13(9)14)19(17,18)16-8-7-15-10(2)11(16)3/h4-6,10-11,15H,7-8H2,1-3H3. The van der Waals surface area contributed by atoms with E-state index in [0.717, 1.165) is 5.56 Å². The van der Waals surface area contributed by atoms with Gasteiger partial charge in [0.25, 0.3) is 0 Å². The number of piperazine rings is 1. The van der Waals surface area contributed by atoms with Gasteiger partial charge in [0.05, 0.1) is 5.02 Å². The number of nitrogens with one attached hydrogen (secondary N) is 1. The van der Waals surface area contributed by atoms with Gasteiger partial charge in [-0.1, -0.05) is 23.7 Å². The number of hydrogen-bond donors (Lipinski definition) is 1. The van der Waals surface area contributed by atoms with E-state index in [4.69, 9.17) is 11.6 Å². The Kier molecular flexibility index (Phi) is 4.20. The third-order valence-electron chi connectivity index (χ3n) is 3.72. The van der Waals surface area contributed by atoms with Gasteiger partial charge in [-0.3, -0.25) is 0 Å². The Balaban J connectivity index is 2.45. The molecule has 106 valence electrons. The van der Waals surface area contributed by atoms with Gasteiger partial charge >= 0.3 is 0 Å². The molecule has 0 aliphatic carbocycles. The highest BCUT2D eigenvalue weighted by Crippen LogP contribution is 2.29. The molecule has 0 bridgehead atoms. The summed E-state index contributed by atoms with van der Waals surface area (Å²) in [6.07, 6.45) is 0. The van der Waals surface area contributed by atoms with Crippen LogP contribution in [0.25, 0.3) is 0 Å². The first-order chi connectivity index (χ1) is 8.85. The molecular formula is C13H19ClN2O2S. The van der Waals surface area contributed by atoms with Crippen LogP contribution in [-0.4, -0.2) is 37.9 Å². The number of halogens is 1. The van der Waals surface area contributed by atoms with Crippen molar-refractivity contribution >= 4 is 21.6 Å². The van der Waals surface area contributed by atoms with Crippen molar-refractivity contribution in [1.82, 2.24) is 9.62 Å². The number of sulfonamides is 1. The summed E-state index contributed by atoms with van der Waals surface area (Å²) in [6, 6.07) is 5.15. The predicted octanol–water partition coefficient (Wildman–Crippen LogP) is 2.02. The Bertz CT molecular complexity index is 574. The number of nitrogens with zero attached hydrogens (tertiary/aromatic N) is 1. The molecule has 6 heteroatoms. The van der Waals surface area contributed by atoms with E-state index in [1.165, 1.54) is 4.31 Å². The summed E-state index contributed by atoms with van der Waals surface area (Å²) in [7, 11) is -3.54. The smallest absolute Gasteiger partial charge is 0.244 e. The van der Waals surface area contributed by atoms with Crippen molar-refractivity contribution in [3.05, 3.63) is 28.8 Å². The SMILES string of the molecule is Cc1cccc(S(=O)(=O)N2CCNC(C)C2C)c1Cl. The molecule has 0 radical (unpaired) electrons. The van der Waals surface area contributed by atoms with Crippen molar-refractivity contribution in [2.45, 2.75) is 37.8 Å². The molecule has 1 aliphatic heterocycles. The van der Waals surface area contributed by atoms with Crippen molar-refractivity contribution in [1.29, 1.82) is 0 Å². The van der Waals surface area contributed by atoms with Gasteiger partial charge in [-0.05, 0) is 32.4 Å². The average Bonchev–Trinajstić information content (AvgIpc) is 2.35. The highest BCUT2D eigenvalue weighted by Gasteiger charge is 2.35. The first kappa shape index (κ1) is 14.8. The van der Waals surface area contributed by atoms with Crippen LogP contribution in [0.5, 0.6) is 0 Å². The van der Waals surface area contributed by atoms with Crippen molar-refractivity contribution in [3.8, 4) is 0 Å². The average molecular weight is 303 g/mol. The van der Waals surface area contributed by atoms with Crippen LogP contribution in [0.4, 0.5) is 0 Å². The molecule has 1 N–H and O–H groups in total. The second-order valence-corrected chi connectivity index (χ2v) is 7.22. The zero-order chi connectivity index (χ0) is 14.2. The van der Waals surface area contributed by atoms with Crippen molar-refractivity contribution in [3.63, 3.8) is 0 Å². The fourth-order valence-corrected chi connectivity index (χ4v) is 4.57. The van der Waals surface area contributed by atoms with Crippen LogP contribution < -0.4 is 5.32 Å². The third kappa shape index (κ3) is 2.65. The minimum atomic E-state index is -3.54. The van der Waals surface area contributed by atoms with Crippen molar-refractivity contribution in [2.75, 3.05) is 13.1 Å². The van der Waals surface area contributed by atoms with Gasteiger partial charge in [0, 0.05) is 25.2 Å². The lowest BCUT2D eigenvalue weighted by atomic mass is 10.1. The number of aryl methyl sites for hydroxylation is 1. The summed E-state index contributed by atoms with van der Waals surface area (Å²) in [6.45, 7) is 6.85. The van der Waals surface area contributed by atoms with Gasteiger partial charge < -0.3 is 5.32 Å². The first-order valence-corrected chi connectivity index (χ1v) is 8.18. The second-order valence-electron chi connectivity index (χ2n) is 4.99. The lowest BCUT2D eigenvalue weighted by Crippen LogP contribution is -2.57. The molecule has 1 saturated heterocycles. The van der Waals surface area contributed by atoms with Gasteiger partial charge in [0.1, 0.15) is 4.90 Å². The van der Waals surface area contributed by atoms with E-state index in [0.29, 0.717) is 18.1 Å². The van der Waals surface area contributed by atoms with E-state index in [-0.39, 0.29) is 17.0 Å². The van der Waals surface area contributed by atoms with Crippen LogP contribution >= 0.6 is 11.6 Å². The zero-order valence-electron chi connectivity index (χ0n) is 11.4. The molecule has 2 atom stereocenters. The summed E-state index contributed by atoms with van der Waals surface area (Å²) in [4.78, 5) is 0.204. The minimum Gasteiger partial charge on any atom is -0.311 e. The molecular weight excluding hydrogens is 284 g/mol. The van der Waals surface area contributed by atoms with Crippen LogP contribution in [-0.2, 0) is 10.0 Å². The Morgan fingerprint density at radius 3 is 2.74 bits per heavy atom. The van der Waals surface area contributed by atoms with E-state index in [2.05, 4.69) is 5.32 Å². The topological polar surface area (TPSA) is 49.4 Å². The van der Waals surface area contributed by atoms with Crippen molar-refractivity contribution in [2.24, 2.45) is 0 Å². The maximum Gasteiger partial charge on any atom is 0.244 e. The van der Waals surface area contributed by atoms with Crippen LogP contribution in [0, 0.1) is 6.92 Å². The lowest BCUT2D eigenvalue weighted by molar-refractivity contribution is 0.233. The molecule has 0 aromatic heterocycles. The first-order valence-electron chi connectivity index (χ1n) is 6.36. The summed E-state index contributed by atoms with van der Waals surface area (Å²) in [5, 5.41) is 3.59. The Morgan fingerprint density at radius 1 is 1.37 bits per heavy atom. The minimum absolute atomic E-state index is 0.0877. The zero-order valence-corrected chi connectivity index (χ0v) is 12.9. The van der Waals surface area contributed by atoms with Gasteiger partial charge in [-0.15, -0.1) is 0 Å². The molecule has 4 nitrogen and oxygen atoms in total. The quantitative estimate of drug-likeness (QED) is 0.909. The molecule has 1 heterocycles. The highest BCUT2D eigenvalue weighted by molar-refractivity contribution is 7.89. The van der Waals surface area contributed by atoms with E-state index >= 15 is 0 Å². The van der Waals surface area contributed by atoms with Gasteiger partial charge in [-0.2, -0.15) is 4.31 Å². The number of hydrogen-bond acceptors (Lipinski definition) is 3. The molecule has 0 saturated carbocycles. The normalized spacial score (nSPS) is 25.5. The fraction of sp³-hybridized carbons (Fsp3) is 0.538. The fourth-order valence-electron chi connectivity index (χ4n) is 2.31. The Hall–Kier alpha value is -0.620. The summed E-state index contributed by atoms with van der Waals surface area (Å²) in [5.41, 5.74) is 0.776. The maximum atomic E-state index is 12.7. The third-order valence-corrected chi connectivity index (χ3v) is 6.36. The summed E-state index contributed by atoms with van der Waals surface area (Å²) < 4.78 is 27.0. The lowest BCUT2D eigenvalue weighted by Gasteiger charge is -2.37. The molecule has 19 heavy (non-hydrogen) atoms. The van der Waals surface area contributed by atoms with Crippen molar-refractivity contribution < 1.29 is 8.42 Å². The maximum absolute atomic E-state index is 12.7. The predicted molar refractivity (Wildman–Crippen MR) is 77.0 cm³/mol. The van der Waals surface area contributed by atoms with Crippen LogP contribution in [0.1, 0.15) is 19.4 Å². The van der Waals surface area contributed by atoms with Crippen LogP contribution in [0.15, 0.2) is 23.1 Å². The van der Waals surface area contributed by atoms with Gasteiger partial charge in [0.2, 0.25) is 10.0 Å². The number of benzene rings is 1. The monoisotopic (exact) mass is 302 g/mol.